The van der Waals surface area contributed by atoms with Crippen molar-refractivity contribution >= 4 is 11.8 Å². The molecule has 2 aliphatic rings. The Morgan fingerprint density at radius 1 is 1.20 bits per heavy atom. The van der Waals surface area contributed by atoms with Crippen molar-refractivity contribution in [2.75, 3.05) is 40.4 Å². The third-order valence-electron chi connectivity index (χ3n) is 6.26. The Morgan fingerprint density at radius 2 is 1.88 bits per heavy atom. The van der Waals surface area contributed by atoms with Crippen LogP contribution in [0.3, 0.4) is 0 Å². The van der Waals surface area contributed by atoms with Crippen LogP contribution in [0.4, 0.5) is 0 Å². The minimum atomic E-state index is -0.703. The number of nitrogens with one attached hydrogen (secondary N) is 1. The zero-order valence-electron chi connectivity index (χ0n) is 16.2. The van der Waals surface area contributed by atoms with Crippen molar-refractivity contribution in [3.8, 4) is 0 Å². The number of ketones is 1. The van der Waals surface area contributed by atoms with Gasteiger partial charge in [0.25, 0.3) is 0 Å². The number of rotatable bonds is 1. The largest absolute Gasteiger partial charge is 0.463 e. The molecule has 2 fully saturated rings. The number of hydrogen-bond acceptors (Lipinski definition) is 6. The van der Waals surface area contributed by atoms with Crippen LogP contribution in [-0.4, -0.2) is 68.2 Å². The molecule has 0 aromatic carbocycles. The Bertz CT molecular complexity index is 476. The lowest BCUT2D eigenvalue weighted by atomic mass is 9.86. The first-order valence-electron chi connectivity index (χ1n) is 9.48. The van der Waals surface area contributed by atoms with Crippen molar-refractivity contribution in [1.82, 2.24) is 10.2 Å². The fourth-order valence-corrected chi connectivity index (χ4v) is 3.85. The van der Waals surface area contributed by atoms with E-state index in [1.165, 1.54) is 0 Å². The van der Waals surface area contributed by atoms with Crippen LogP contribution in [0.5, 0.6) is 0 Å². The number of esters is 1. The van der Waals surface area contributed by atoms with Gasteiger partial charge in [-0.25, -0.2) is 0 Å². The number of methoxy groups -OCH3 is 1. The maximum atomic E-state index is 12.4. The Kier molecular flexibility index (Phi) is 7.00. The van der Waals surface area contributed by atoms with Crippen molar-refractivity contribution in [1.29, 1.82) is 0 Å². The van der Waals surface area contributed by atoms with Crippen molar-refractivity contribution in [3.05, 3.63) is 0 Å². The predicted octanol–water partition coefficient (Wildman–Crippen LogP) is 1.77. The Balaban J connectivity index is 2.19. The summed E-state index contributed by atoms with van der Waals surface area (Å²) in [7, 11) is 3.83. The molecule has 1 unspecified atom stereocenters. The molecule has 144 valence electrons. The highest BCUT2D eigenvalue weighted by Gasteiger charge is 2.39. The number of carbonyl (C=O) groups is 2. The monoisotopic (exact) mass is 354 g/mol. The van der Waals surface area contributed by atoms with Crippen LogP contribution in [0.1, 0.15) is 52.4 Å². The quantitative estimate of drug-likeness (QED) is 0.572. The highest BCUT2D eigenvalue weighted by atomic mass is 16.5. The molecule has 2 rings (SSSR count). The standard InChI is InChI=1S/C19H34N2O4/c1-15-16(22)6-8-18(2,24-4)7-5-13-21(3)19(14-25-17(15)23)9-11-20-12-10-19/h15,20H,5-14H2,1-4H3/t15?,18-/m1/s1. The van der Waals surface area contributed by atoms with Gasteiger partial charge in [0.05, 0.1) is 11.1 Å². The molecule has 0 radical (unpaired) electrons. The third kappa shape index (κ3) is 5.02. The van der Waals surface area contributed by atoms with Gasteiger partial charge in [-0.2, -0.15) is 0 Å². The molecule has 2 atom stereocenters. The van der Waals surface area contributed by atoms with Gasteiger partial charge < -0.3 is 14.8 Å². The lowest BCUT2D eigenvalue weighted by molar-refractivity contribution is -0.156. The number of nitrogens with zero attached hydrogens (tertiary/aromatic N) is 1. The van der Waals surface area contributed by atoms with E-state index in [0.29, 0.717) is 19.4 Å². The molecule has 2 aliphatic heterocycles. The molecule has 0 saturated carbocycles. The van der Waals surface area contributed by atoms with Gasteiger partial charge in [0.1, 0.15) is 18.3 Å². The molecule has 2 heterocycles. The summed E-state index contributed by atoms with van der Waals surface area (Å²) in [5, 5.41) is 3.38. The van der Waals surface area contributed by atoms with Crippen molar-refractivity contribution in [2.24, 2.45) is 5.92 Å². The average Bonchev–Trinajstić information content (AvgIpc) is 2.63. The van der Waals surface area contributed by atoms with Gasteiger partial charge in [-0.1, -0.05) is 0 Å². The van der Waals surface area contributed by atoms with Gasteiger partial charge in [0.15, 0.2) is 0 Å². The van der Waals surface area contributed by atoms with Gasteiger partial charge in [0.2, 0.25) is 0 Å². The number of Topliss-reactive ketones (excluding diaryl/α,β-unsaturated/α-hetero) is 1. The maximum absolute atomic E-state index is 12.4. The first kappa shape index (κ1) is 20.3. The SMILES string of the molecule is CO[C@]1(C)CCCN(C)C2(CCNCC2)COC(=O)C(C)C(=O)CC1. The van der Waals surface area contributed by atoms with Gasteiger partial charge in [-0.3, -0.25) is 14.5 Å². The van der Waals surface area contributed by atoms with Crippen molar-refractivity contribution in [3.63, 3.8) is 0 Å². The van der Waals surface area contributed by atoms with Crippen molar-refractivity contribution in [2.45, 2.75) is 63.5 Å². The summed E-state index contributed by atoms with van der Waals surface area (Å²) in [4.78, 5) is 27.1. The lowest BCUT2D eigenvalue weighted by Gasteiger charge is -2.44. The summed E-state index contributed by atoms with van der Waals surface area (Å²) in [6.07, 6.45) is 4.78. The zero-order chi connectivity index (χ0) is 18.5. The Hall–Kier alpha value is -0.980. The molecule has 2 saturated heterocycles. The van der Waals surface area contributed by atoms with Gasteiger partial charge in [0, 0.05) is 13.5 Å². The number of piperidine rings is 1. The Labute approximate surface area is 151 Å². The van der Waals surface area contributed by atoms with E-state index in [9.17, 15) is 9.59 Å². The Morgan fingerprint density at radius 3 is 2.52 bits per heavy atom. The topological polar surface area (TPSA) is 67.9 Å². The van der Waals surface area contributed by atoms with E-state index < -0.39 is 11.9 Å². The summed E-state index contributed by atoms with van der Waals surface area (Å²) in [6, 6.07) is 0. The molecular formula is C19H34N2O4. The van der Waals surface area contributed by atoms with E-state index >= 15 is 0 Å². The van der Waals surface area contributed by atoms with Gasteiger partial charge in [-0.15, -0.1) is 0 Å². The van der Waals surface area contributed by atoms with Crippen molar-refractivity contribution < 1.29 is 19.1 Å². The maximum Gasteiger partial charge on any atom is 0.316 e. The second kappa shape index (κ2) is 8.60. The van der Waals surface area contributed by atoms with Crippen LogP contribution in [0.2, 0.25) is 0 Å². The summed E-state index contributed by atoms with van der Waals surface area (Å²) < 4.78 is 11.3. The number of ether oxygens (including phenoxy) is 2. The normalized spacial score (nSPS) is 33.2. The second-order valence-corrected chi connectivity index (χ2v) is 7.95. The summed E-state index contributed by atoms with van der Waals surface area (Å²) in [5.41, 5.74) is -0.462. The minimum absolute atomic E-state index is 0.0553. The van der Waals surface area contributed by atoms with Crippen LogP contribution in [-0.2, 0) is 19.1 Å². The van der Waals surface area contributed by atoms with Crippen LogP contribution in [0.15, 0.2) is 0 Å². The van der Waals surface area contributed by atoms with E-state index in [1.807, 2.05) is 0 Å². The summed E-state index contributed by atoms with van der Waals surface area (Å²) in [6.45, 7) is 6.86. The molecule has 0 aliphatic carbocycles. The van der Waals surface area contributed by atoms with E-state index in [4.69, 9.17) is 9.47 Å². The molecule has 1 N–H and O–H groups in total. The van der Waals surface area contributed by atoms with Gasteiger partial charge >= 0.3 is 5.97 Å². The predicted molar refractivity (Wildman–Crippen MR) is 96.5 cm³/mol. The second-order valence-electron chi connectivity index (χ2n) is 7.95. The van der Waals surface area contributed by atoms with Gasteiger partial charge in [-0.05, 0) is 72.6 Å². The highest BCUT2D eigenvalue weighted by Crippen LogP contribution is 2.29. The number of carbonyl (C=O) groups excluding carboxylic acids is 2. The number of hydrogen-bond donors (Lipinski definition) is 1. The molecule has 0 aromatic heterocycles. The van der Waals surface area contributed by atoms with Crippen LogP contribution >= 0.6 is 0 Å². The zero-order valence-corrected chi connectivity index (χ0v) is 16.2. The smallest absolute Gasteiger partial charge is 0.316 e. The molecule has 1 spiro atoms. The average molecular weight is 354 g/mol. The number of cyclic esters (lactones) is 1. The molecule has 0 aromatic rings. The lowest BCUT2D eigenvalue weighted by Crippen LogP contribution is -2.56. The summed E-state index contributed by atoms with van der Waals surface area (Å²) >= 11 is 0. The number of likely N-dealkylation sites (N-methyl/N-ethyl adjacent to an activating group) is 1. The molecule has 6 heteroatoms. The van der Waals surface area contributed by atoms with E-state index in [2.05, 4.69) is 24.2 Å². The molecule has 0 amide bonds. The first-order valence-corrected chi connectivity index (χ1v) is 9.48. The molecular weight excluding hydrogens is 320 g/mol. The minimum Gasteiger partial charge on any atom is -0.463 e. The molecule has 0 bridgehead atoms. The van der Waals surface area contributed by atoms with E-state index in [-0.39, 0.29) is 16.9 Å². The fourth-order valence-electron chi connectivity index (χ4n) is 3.85. The van der Waals surface area contributed by atoms with Crippen LogP contribution in [0, 0.1) is 5.92 Å². The van der Waals surface area contributed by atoms with E-state index in [0.717, 1.165) is 45.3 Å². The fraction of sp³-hybridized carbons (Fsp3) is 0.895. The first-order chi connectivity index (χ1) is 11.8. The van der Waals surface area contributed by atoms with Crippen LogP contribution in [0.25, 0.3) is 0 Å². The molecule has 6 nitrogen and oxygen atoms in total. The highest BCUT2D eigenvalue weighted by molar-refractivity contribution is 5.98. The summed E-state index contributed by atoms with van der Waals surface area (Å²) in [5.74, 6) is -1.15. The van der Waals surface area contributed by atoms with E-state index in [1.54, 1.807) is 14.0 Å². The third-order valence-corrected chi connectivity index (χ3v) is 6.26. The van der Waals surface area contributed by atoms with Crippen LogP contribution < -0.4 is 5.32 Å². The molecule has 25 heavy (non-hydrogen) atoms.